The number of rotatable bonds is 4. The van der Waals surface area contributed by atoms with E-state index >= 15 is 0 Å². The molecule has 4 nitrogen and oxygen atoms in total. The molecule has 142 valence electrons. The lowest BCUT2D eigenvalue weighted by atomic mass is 9.98. The van der Waals surface area contributed by atoms with Gasteiger partial charge in [0.1, 0.15) is 5.82 Å². The van der Waals surface area contributed by atoms with Crippen LogP contribution in [-0.2, 0) is 6.42 Å². The normalized spacial score (nSPS) is 15.7. The van der Waals surface area contributed by atoms with E-state index in [0.29, 0.717) is 12.0 Å². The molecule has 0 bridgehead atoms. The smallest absolute Gasteiger partial charge is 0.335 e. The van der Waals surface area contributed by atoms with Crippen LogP contribution in [-0.4, -0.2) is 27.9 Å². The molecule has 0 heterocycles. The lowest BCUT2D eigenvalue weighted by Gasteiger charge is -2.34. The molecule has 0 aliphatic heterocycles. The predicted molar refractivity (Wildman–Crippen MR) is 102 cm³/mol. The van der Waals surface area contributed by atoms with E-state index < -0.39 is 11.8 Å². The zero-order chi connectivity index (χ0) is 19.9. The number of carboxylic acids is 1. The fourth-order valence-electron chi connectivity index (χ4n) is 3.82. The van der Waals surface area contributed by atoms with Crippen LogP contribution >= 0.6 is 11.6 Å². The first-order valence-electron chi connectivity index (χ1n) is 8.85. The maximum atomic E-state index is 13.4. The number of aryl methyl sites for hydroxylation is 2. The fraction of sp³-hybridized carbons (Fsp3) is 0.333. The Morgan fingerprint density at radius 2 is 1.93 bits per heavy atom. The Bertz CT molecular complexity index is 926. The molecule has 6 heteroatoms. The summed E-state index contributed by atoms with van der Waals surface area (Å²) in [6.07, 6.45) is 1.48. The molecule has 1 amide bonds. The Morgan fingerprint density at radius 3 is 2.52 bits per heavy atom. The highest BCUT2D eigenvalue weighted by Crippen LogP contribution is 2.39. The lowest BCUT2D eigenvalue weighted by molar-refractivity contribution is 0.0606. The molecule has 2 aromatic rings. The number of benzene rings is 2. The van der Waals surface area contributed by atoms with Gasteiger partial charge in [0.2, 0.25) is 0 Å². The van der Waals surface area contributed by atoms with Gasteiger partial charge in [0.15, 0.2) is 0 Å². The minimum Gasteiger partial charge on any atom is -0.478 e. The largest absolute Gasteiger partial charge is 0.478 e. The molecule has 1 N–H and O–H groups in total. The molecule has 0 saturated carbocycles. The van der Waals surface area contributed by atoms with Crippen molar-refractivity contribution in [2.75, 3.05) is 0 Å². The van der Waals surface area contributed by atoms with Crippen molar-refractivity contribution in [3.8, 4) is 0 Å². The molecular formula is C21H21ClFNO3. The molecule has 0 radical (unpaired) electrons. The van der Waals surface area contributed by atoms with E-state index in [1.165, 1.54) is 12.1 Å². The maximum absolute atomic E-state index is 13.4. The van der Waals surface area contributed by atoms with Gasteiger partial charge in [-0.05, 0) is 74.6 Å². The summed E-state index contributed by atoms with van der Waals surface area (Å²) in [6.45, 7) is 5.58. The number of carbonyl (C=O) groups excluding carboxylic acids is 1. The molecule has 1 aliphatic carbocycles. The van der Waals surface area contributed by atoms with Crippen molar-refractivity contribution in [1.29, 1.82) is 0 Å². The molecule has 3 rings (SSSR count). The Labute approximate surface area is 162 Å². The zero-order valence-electron chi connectivity index (χ0n) is 15.4. The first kappa shape index (κ1) is 19.4. The molecule has 0 saturated heterocycles. The van der Waals surface area contributed by atoms with Crippen molar-refractivity contribution in [2.45, 2.75) is 45.7 Å². The third-order valence-corrected chi connectivity index (χ3v) is 5.36. The summed E-state index contributed by atoms with van der Waals surface area (Å²) in [7, 11) is 0. The standard InChI is InChI=1S/C21H21ClFNO3/c1-11(2)24(20(25)15-6-5-14(23)9-18(15)22)19-7-4-13-8-12(3)16(21(26)27)10-17(13)19/h5-6,8-11,19H,4,7H2,1-3H3,(H,26,27)/t19-/m1/s1. The highest BCUT2D eigenvalue weighted by atomic mass is 35.5. The third kappa shape index (κ3) is 3.56. The molecule has 0 unspecified atom stereocenters. The Morgan fingerprint density at radius 1 is 1.22 bits per heavy atom. The fourth-order valence-corrected chi connectivity index (χ4v) is 4.06. The molecular weight excluding hydrogens is 369 g/mol. The van der Waals surface area contributed by atoms with E-state index in [2.05, 4.69) is 0 Å². The van der Waals surface area contributed by atoms with Gasteiger partial charge in [-0.25, -0.2) is 9.18 Å². The number of hydrogen-bond donors (Lipinski definition) is 1. The summed E-state index contributed by atoms with van der Waals surface area (Å²) in [5.74, 6) is -1.77. The van der Waals surface area contributed by atoms with Gasteiger partial charge in [0, 0.05) is 6.04 Å². The van der Waals surface area contributed by atoms with Crippen LogP contribution in [0.4, 0.5) is 4.39 Å². The van der Waals surface area contributed by atoms with Crippen molar-refractivity contribution < 1.29 is 19.1 Å². The second kappa shape index (κ2) is 7.31. The highest BCUT2D eigenvalue weighted by molar-refractivity contribution is 6.33. The second-order valence-corrected chi connectivity index (χ2v) is 7.56. The highest BCUT2D eigenvalue weighted by Gasteiger charge is 2.34. The molecule has 27 heavy (non-hydrogen) atoms. The first-order valence-corrected chi connectivity index (χ1v) is 9.23. The second-order valence-electron chi connectivity index (χ2n) is 7.16. The monoisotopic (exact) mass is 389 g/mol. The van der Waals surface area contributed by atoms with Crippen LogP contribution in [0.1, 0.15) is 63.7 Å². The van der Waals surface area contributed by atoms with E-state index in [4.69, 9.17) is 11.6 Å². The van der Waals surface area contributed by atoms with Crippen molar-refractivity contribution in [3.05, 3.63) is 69.0 Å². The van der Waals surface area contributed by atoms with E-state index in [1.54, 1.807) is 17.9 Å². The quantitative estimate of drug-likeness (QED) is 0.798. The molecule has 0 aromatic heterocycles. The van der Waals surface area contributed by atoms with Crippen LogP contribution < -0.4 is 0 Å². The minimum absolute atomic E-state index is 0.0685. The van der Waals surface area contributed by atoms with Crippen molar-refractivity contribution in [1.82, 2.24) is 4.90 Å². The number of carbonyl (C=O) groups is 2. The van der Waals surface area contributed by atoms with Crippen LogP contribution in [0.25, 0.3) is 0 Å². The number of nitrogens with zero attached hydrogens (tertiary/aromatic N) is 1. The summed E-state index contributed by atoms with van der Waals surface area (Å²) in [4.78, 5) is 26.4. The number of carboxylic acid groups (broad SMARTS) is 1. The van der Waals surface area contributed by atoms with E-state index in [0.717, 1.165) is 23.6 Å². The van der Waals surface area contributed by atoms with Gasteiger partial charge in [-0.3, -0.25) is 4.79 Å². The van der Waals surface area contributed by atoms with Gasteiger partial charge < -0.3 is 10.0 Å². The number of hydrogen-bond acceptors (Lipinski definition) is 2. The van der Waals surface area contributed by atoms with Crippen molar-refractivity contribution in [3.63, 3.8) is 0 Å². The SMILES string of the molecule is Cc1cc2c(cc1C(=O)O)[C@H](N(C(=O)c1ccc(F)cc1Cl)C(C)C)CC2. The Balaban J connectivity index is 2.04. The van der Waals surface area contributed by atoms with E-state index in [1.807, 2.05) is 19.9 Å². The van der Waals surface area contributed by atoms with Gasteiger partial charge in [0.05, 0.1) is 22.2 Å². The van der Waals surface area contributed by atoms with E-state index in [9.17, 15) is 19.1 Å². The predicted octanol–water partition coefficient (Wildman–Crippen LogP) is 5.02. The van der Waals surface area contributed by atoms with Gasteiger partial charge in [-0.2, -0.15) is 0 Å². The van der Waals surface area contributed by atoms with Crippen LogP contribution in [0.3, 0.4) is 0 Å². The number of aromatic carboxylic acids is 1. The van der Waals surface area contributed by atoms with Gasteiger partial charge in [0.25, 0.3) is 5.91 Å². The summed E-state index contributed by atoms with van der Waals surface area (Å²) < 4.78 is 13.4. The van der Waals surface area contributed by atoms with E-state index in [-0.39, 0.29) is 34.1 Å². The first-order chi connectivity index (χ1) is 12.7. The minimum atomic E-state index is -0.982. The van der Waals surface area contributed by atoms with Gasteiger partial charge >= 0.3 is 5.97 Å². The van der Waals surface area contributed by atoms with Crippen LogP contribution in [0, 0.1) is 12.7 Å². The topological polar surface area (TPSA) is 57.6 Å². The zero-order valence-corrected chi connectivity index (χ0v) is 16.2. The molecule has 0 spiro atoms. The summed E-state index contributed by atoms with van der Waals surface area (Å²) in [6, 6.07) is 6.93. The van der Waals surface area contributed by atoms with Crippen molar-refractivity contribution in [2.24, 2.45) is 0 Å². The molecule has 1 atom stereocenters. The Kier molecular flexibility index (Phi) is 5.24. The molecule has 1 aliphatic rings. The lowest BCUT2D eigenvalue weighted by Crippen LogP contribution is -2.39. The molecule has 2 aromatic carbocycles. The average Bonchev–Trinajstić information content (AvgIpc) is 2.96. The average molecular weight is 390 g/mol. The Hall–Kier alpha value is -2.40. The van der Waals surface area contributed by atoms with Crippen LogP contribution in [0.15, 0.2) is 30.3 Å². The van der Waals surface area contributed by atoms with Crippen LogP contribution in [0.2, 0.25) is 5.02 Å². The van der Waals surface area contributed by atoms with Gasteiger partial charge in [-0.15, -0.1) is 0 Å². The van der Waals surface area contributed by atoms with Crippen molar-refractivity contribution >= 4 is 23.5 Å². The number of amides is 1. The molecule has 0 fully saturated rings. The van der Waals surface area contributed by atoms with Crippen LogP contribution in [0.5, 0.6) is 0 Å². The summed E-state index contributed by atoms with van der Waals surface area (Å²) in [5, 5.41) is 9.52. The maximum Gasteiger partial charge on any atom is 0.335 e. The summed E-state index contributed by atoms with van der Waals surface area (Å²) >= 11 is 6.10. The summed E-state index contributed by atoms with van der Waals surface area (Å²) in [5.41, 5.74) is 3.12. The number of fused-ring (bicyclic) bond motifs is 1. The number of halogens is 2. The third-order valence-electron chi connectivity index (χ3n) is 5.05. The van der Waals surface area contributed by atoms with Gasteiger partial charge in [-0.1, -0.05) is 17.7 Å².